The number of nitrogens with zero attached hydrogens (tertiary/aromatic N) is 2. The second-order valence-corrected chi connectivity index (χ2v) is 14.1. The van der Waals surface area contributed by atoms with Crippen molar-refractivity contribution in [3.8, 4) is 0 Å². The average molecular weight is 669 g/mol. The standard InChI is InChI=1S/C39H48N4O6/c1-39(2,3)49-38(48)42(4)32(24-26-14-8-5-9-15-26)36(46)41-34-29(25-44)20-21-30-22-23-31(43(30)37(34)47)35(45)40-33(27-16-10-6-11-17-27)28-18-12-7-13-19-28/h5-19,29-34,44H,20-25H2,1-4H3,(H,40,45)(H,41,46)/t29-,30+,31?,32-,34+/m1/s1. The highest BCUT2D eigenvalue weighted by molar-refractivity contribution is 5.95. The molecule has 0 aromatic heterocycles. The number of rotatable bonds is 10. The van der Waals surface area contributed by atoms with E-state index in [0.29, 0.717) is 25.7 Å². The molecule has 10 nitrogen and oxygen atoms in total. The van der Waals surface area contributed by atoms with Gasteiger partial charge in [-0.25, -0.2) is 4.79 Å². The number of benzene rings is 3. The first-order valence-corrected chi connectivity index (χ1v) is 17.1. The Morgan fingerprint density at radius 3 is 1.98 bits per heavy atom. The van der Waals surface area contributed by atoms with Crippen LogP contribution in [-0.4, -0.2) is 82.1 Å². The van der Waals surface area contributed by atoms with Crippen molar-refractivity contribution in [1.29, 1.82) is 0 Å². The normalized spacial score (nSPS) is 21.3. The van der Waals surface area contributed by atoms with Crippen molar-refractivity contribution in [3.63, 3.8) is 0 Å². The summed E-state index contributed by atoms with van der Waals surface area (Å²) in [6.45, 7) is 4.94. The van der Waals surface area contributed by atoms with Gasteiger partial charge in [0.25, 0.3) is 0 Å². The summed E-state index contributed by atoms with van der Waals surface area (Å²) in [5.41, 5.74) is 1.89. The van der Waals surface area contributed by atoms with Gasteiger partial charge >= 0.3 is 6.09 Å². The number of nitrogens with one attached hydrogen (secondary N) is 2. The van der Waals surface area contributed by atoms with E-state index in [4.69, 9.17) is 4.74 Å². The molecule has 0 spiro atoms. The molecule has 49 heavy (non-hydrogen) atoms. The minimum atomic E-state index is -1.08. The lowest BCUT2D eigenvalue weighted by Crippen LogP contribution is -2.59. The third-order valence-corrected chi connectivity index (χ3v) is 9.48. The summed E-state index contributed by atoms with van der Waals surface area (Å²) < 4.78 is 5.58. The molecule has 1 unspecified atom stereocenters. The Kier molecular flexibility index (Phi) is 11.4. The number of ether oxygens (including phenoxy) is 1. The summed E-state index contributed by atoms with van der Waals surface area (Å²) in [6, 6.07) is 25.3. The Morgan fingerprint density at radius 1 is 0.878 bits per heavy atom. The first-order valence-electron chi connectivity index (χ1n) is 17.1. The van der Waals surface area contributed by atoms with Crippen molar-refractivity contribution in [2.24, 2.45) is 5.92 Å². The molecule has 2 saturated heterocycles. The molecule has 0 bridgehead atoms. The molecule has 260 valence electrons. The summed E-state index contributed by atoms with van der Waals surface area (Å²) in [5, 5.41) is 16.6. The fraction of sp³-hybridized carbons (Fsp3) is 0.436. The molecule has 5 rings (SSSR count). The molecule has 4 amide bonds. The number of likely N-dealkylation sites (N-methyl/N-ethyl adjacent to an activating group) is 1. The van der Waals surface area contributed by atoms with Crippen LogP contribution in [0.1, 0.15) is 69.2 Å². The van der Waals surface area contributed by atoms with Gasteiger partial charge in [0.2, 0.25) is 17.7 Å². The van der Waals surface area contributed by atoms with Crippen LogP contribution in [0.25, 0.3) is 0 Å². The van der Waals surface area contributed by atoms with E-state index >= 15 is 0 Å². The molecule has 0 radical (unpaired) electrons. The van der Waals surface area contributed by atoms with Gasteiger partial charge in [-0.2, -0.15) is 0 Å². The van der Waals surface area contributed by atoms with E-state index in [2.05, 4.69) is 10.6 Å². The quantitative estimate of drug-likeness (QED) is 0.290. The number of amides is 4. The summed E-state index contributed by atoms with van der Waals surface area (Å²) in [7, 11) is 1.51. The van der Waals surface area contributed by atoms with E-state index in [1.165, 1.54) is 11.9 Å². The third kappa shape index (κ3) is 8.67. The average Bonchev–Trinajstić information content (AvgIpc) is 3.48. The molecular formula is C39H48N4O6. The van der Waals surface area contributed by atoms with Gasteiger partial charge in [0.15, 0.2) is 0 Å². The number of hydrogen-bond donors (Lipinski definition) is 3. The summed E-state index contributed by atoms with van der Waals surface area (Å²) in [5.74, 6) is -1.77. The maximum absolute atomic E-state index is 14.5. The first kappa shape index (κ1) is 35.6. The number of aliphatic hydroxyl groups excluding tert-OH is 1. The van der Waals surface area contributed by atoms with Crippen LogP contribution in [0.3, 0.4) is 0 Å². The summed E-state index contributed by atoms with van der Waals surface area (Å²) in [6.07, 6.45) is 1.73. The lowest BCUT2D eigenvalue weighted by molar-refractivity contribution is -0.144. The zero-order valence-electron chi connectivity index (χ0n) is 28.7. The van der Waals surface area contributed by atoms with Crippen LogP contribution in [0.15, 0.2) is 91.0 Å². The van der Waals surface area contributed by atoms with Crippen LogP contribution < -0.4 is 10.6 Å². The Labute approximate surface area is 288 Å². The first-order chi connectivity index (χ1) is 23.5. The van der Waals surface area contributed by atoms with Crippen LogP contribution in [-0.2, 0) is 25.5 Å². The number of hydrogen-bond acceptors (Lipinski definition) is 6. The van der Waals surface area contributed by atoms with Crippen molar-refractivity contribution in [1.82, 2.24) is 20.4 Å². The monoisotopic (exact) mass is 668 g/mol. The van der Waals surface area contributed by atoms with E-state index in [1.807, 2.05) is 91.0 Å². The maximum Gasteiger partial charge on any atom is 0.410 e. The maximum atomic E-state index is 14.5. The fourth-order valence-corrected chi connectivity index (χ4v) is 6.91. The SMILES string of the molecule is CN(C(=O)OC(C)(C)C)[C@H](Cc1ccccc1)C(=O)N[C@@H]1C(=O)N2C(C(=O)NC(c3ccccc3)c3ccccc3)CC[C@@H]2CC[C@@H]1CO. The number of carbonyl (C=O) groups excluding carboxylic acids is 4. The Balaban J connectivity index is 1.39. The highest BCUT2D eigenvalue weighted by atomic mass is 16.6. The minimum Gasteiger partial charge on any atom is -0.444 e. The largest absolute Gasteiger partial charge is 0.444 e. The topological polar surface area (TPSA) is 128 Å². The van der Waals surface area contributed by atoms with Gasteiger partial charge < -0.3 is 25.4 Å². The number of aliphatic hydroxyl groups is 1. The van der Waals surface area contributed by atoms with Crippen LogP contribution in [0.4, 0.5) is 4.79 Å². The highest BCUT2D eigenvalue weighted by Gasteiger charge is 2.48. The van der Waals surface area contributed by atoms with Gasteiger partial charge in [0, 0.05) is 32.0 Å². The molecule has 5 atom stereocenters. The van der Waals surface area contributed by atoms with Crippen molar-refractivity contribution in [2.45, 2.75) is 88.7 Å². The van der Waals surface area contributed by atoms with Crippen LogP contribution in [0.2, 0.25) is 0 Å². The summed E-state index contributed by atoms with van der Waals surface area (Å²) >= 11 is 0. The molecule has 2 aliphatic rings. The molecule has 3 N–H and O–H groups in total. The van der Waals surface area contributed by atoms with E-state index < -0.39 is 53.6 Å². The van der Waals surface area contributed by atoms with Gasteiger partial charge in [-0.3, -0.25) is 19.3 Å². The fourth-order valence-electron chi connectivity index (χ4n) is 6.91. The molecule has 2 heterocycles. The molecular weight excluding hydrogens is 620 g/mol. The van der Waals surface area contributed by atoms with Crippen LogP contribution in [0.5, 0.6) is 0 Å². The summed E-state index contributed by atoms with van der Waals surface area (Å²) in [4.78, 5) is 58.7. The third-order valence-electron chi connectivity index (χ3n) is 9.48. The smallest absolute Gasteiger partial charge is 0.410 e. The Hall–Kier alpha value is -4.70. The molecule has 2 aliphatic heterocycles. The van der Waals surface area contributed by atoms with Gasteiger partial charge in [-0.1, -0.05) is 91.0 Å². The van der Waals surface area contributed by atoms with Crippen molar-refractivity contribution in [2.75, 3.05) is 13.7 Å². The lowest BCUT2D eigenvalue weighted by Gasteiger charge is -2.34. The van der Waals surface area contributed by atoms with Crippen molar-refractivity contribution >= 4 is 23.8 Å². The molecule has 2 fully saturated rings. The molecule has 3 aromatic carbocycles. The molecule has 0 aliphatic carbocycles. The van der Waals surface area contributed by atoms with Crippen molar-refractivity contribution < 1.29 is 29.0 Å². The van der Waals surface area contributed by atoms with E-state index in [-0.39, 0.29) is 25.0 Å². The molecule has 0 saturated carbocycles. The predicted octanol–water partition coefficient (Wildman–Crippen LogP) is 4.62. The van der Waals surface area contributed by atoms with E-state index in [9.17, 15) is 24.3 Å². The second-order valence-electron chi connectivity index (χ2n) is 14.1. The van der Waals surface area contributed by atoms with Crippen LogP contribution in [0, 0.1) is 5.92 Å². The molecule has 3 aromatic rings. The highest BCUT2D eigenvalue weighted by Crippen LogP contribution is 2.35. The van der Waals surface area contributed by atoms with Gasteiger partial charge in [-0.05, 0) is 63.1 Å². The second kappa shape index (κ2) is 15.7. The zero-order valence-corrected chi connectivity index (χ0v) is 28.7. The van der Waals surface area contributed by atoms with Gasteiger partial charge in [-0.15, -0.1) is 0 Å². The predicted molar refractivity (Wildman–Crippen MR) is 186 cm³/mol. The number of carbonyl (C=O) groups is 4. The van der Waals surface area contributed by atoms with E-state index in [1.54, 1.807) is 25.7 Å². The molecule has 10 heteroatoms. The minimum absolute atomic E-state index is 0.185. The van der Waals surface area contributed by atoms with E-state index in [0.717, 1.165) is 16.7 Å². The zero-order chi connectivity index (χ0) is 35.1. The van der Waals surface area contributed by atoms with Gasteiger partial charge in [0.1, 0.15) is 23.7 Å². The van der Waals surface area contributed by atoms with Crippen molar-refractivity contribution in [3.05, 3.63) is 108 Å². The number of fused-ring (bicyclic) bond motifs is 1. The Bertz CT molecular complexity index is 1540. The Morgan fingerprint density at radius 2 is 1.43 bits per heavy atom. The van der Waals surface area contributed by atoms with Gasteiger partial charge in [0.05, 0.1) is 6.04 Å². The lowest BCUT2D eigenvalue weighted by atomic mass is 9.93. The van der Waals surface area contributed by atoms with Crippen LogP contribution >= 0.6 is 0 Å².